The van der Waals surface area contributed by atoms with Crippen LogP contribution in [0.15, 0.2) is 36.4 Å². The fourth-order valence-corrected chi connectivity index (χ4v) is 4.40. The van der Waals surface area contributed by atoms with E-state index >= 15 is 0 Å². The van der Waals surface area contributed by atoms with Crippen molar-refractivity contribution in [2.75, 3.05) is 37.9 Å². The van der Waals surface area contributed by atoms with Crippen LogP contribution in [0.3, 0.4) is 0 Å². The summed E-state index contributed by atoms with van der Waals surface area (Å²) in [5.74, 6) is -2.24. The predicted octanol–water partition coefficient (Wildman–Crippen LogP) is 1.24. The van der Waals surface area contributed by atoms with Crippen LogP contribution in [-0.2, 0) is 14.4 Å². The van der Waals surface area contributed by atoms with E-state index < -0.39 is 35.7 Å². The van der Waals surface area contributed by atoms with Gasteiger partial charge in [0.2, 0.25) is 17.7 Å². The Morgan fingerprint density at radius 1 is 0.705 bits per heavy atom. The smallest absolute Gasteiger partial charge is 0.255 e. The molecule has 0 aliphatic rings. The lowest BCUT2D eigenvalue weighted by molar-refractivity contribution is -0.125. The summed E-state index contributed by atoms with van der Waals surface area (Å²) in [5, 5.41) is 10.8. The summed E-state index contributed by atoms with van der Waals surface area (Å²) in [4.78, 5) is 63.3. The van der Waals surface area contributed by atoms with Crippen LogP contribution in [0.1, 0.15) is 66.2 Å². The lowest BCUT2D eigenvalue weighted by atomic mass is 10.1. The lowest BCUT2D eigenvalue weighted by Crippen LogP contribution is -2.44. The first kappa shape index (κ1) is 35.5. The summed E-state index contributed by atoms with van der Waals surface area (Å²) in [7, 11) is 2.78. The standard InChI is InChI=1S/C30H43N7O7/c1-18(38)34-23(8-4-6-14-31)29(41)36-20-11-13-26(44-3)22(17-20)28(40)37-24(9-5-7-15-32)30(42)35-19-10-12-25(43-2)21(16-19)27(33)39/h10-13,16-17,23-24H,4-9,14-15,31-32H2,1-3H3,(H2,33,39)(H,34,38)(H,35,42)(H,36,41)(H,37,40)/t23-,24-/m0/s1. The van der Waals surface area contributed by atoms with Gasteiger partial charge in [-0.05, 0) is 88.0 Å². The van der Waals surface area contributed by atoms with Gasteiger partial charge in [-0.25, -0.2) is 0 Å². The van der Waals surface area contributed by atoms with Crippen molar-refractivity contribution in [3.05, 3.63) is 47.5 Å². The molecular weight excluding hydrogens is 570 g/mol. The minimum absolute atomic E-state index is 0.0709. The van der Waals surface area contributed by atoms with Gasteiger partial charge < -0.3 is 47.9 Å². The van der Waals surface area contributed by atoms with Gasteiger partial charge in [-0.2, -0.15) is 0 Å². The number of hydrogen-bond donors (Lipinski definition) is 7. The number of primary amides is 1. The maximum Gasteiger partial charge on any atom is 0.255 e. The number of ether oxygens (including phenoxy) is 2. The second kappa shape index (κ2) is 18.1. The molecule has 5 amide bonds. The van der Waals surface area contributed by atoms with Crippen LogP contribution < -0.4 is 47.9 Å². The first-order valence-corrected chi connectivity index (χ1v) is 14.3. The van der Waals surface area contributed by atoms with Crippen LogP contribution in [0.25, 0.3) is 0 Å². The van der Waals surface area contributed by atoms with Crippen LogP contribution in [0.2, 0.25) is 0 Å². The monoisotopic (exact) mass is 613 g/mol. The van der Waals surface area contributed by atoms with E-state index in [2.05, 4.69) is 21.3 Å². The topological polar surface area (TPSA) is 230 Å². The molecule has 0 unspecified atom stereocenters. The molecule has 14 nitrogen and oxygen atoms in total. The number of carbonyl (C=O) groups is 5. The maximum absolute atomic E-state index is 13.5. The molecule has 240 valence electrons. The summed E-state index contributed by atoms with van der Waals surface area (Å²) >= 11 is 0. The Bertz CT molecular complexity index is 1320. The van der Waals surface area contributed by atoms with Crippen molar-refractivity contribution in [3.8, 4) is 11.5 Å². The summed E-state index contributed by atoms with van der Waals surface area (Å²) in [6.45, 7) is 2.19. The van der Waals surface area contributed by atoms with Crippen LogP contribution in [0.5, 0.6) is 11.5 Å². The Balaban J connectivity index is 2.28. The van der Waals surface area contributed by atoms with Gasteiger partial charge in [0.25, 0.3) is 11.8 Å². The number of anilines is 2. The Hall–Kier alpha value is -4.69. The molecule has 10 N–H and O–H groups in total. The van der Waals surface area contributed by atoms with Crippen molar-refractivity contribution in [2.24, 2.45) is 17.2 Å². The van der Waals surface area contributed by atoms with E-state index in [1.54, 1.807) is 12.1 Å². The zero-order valence-corrected chi connectivity index (χ0v) is 25.4. The van der Waals surface area contributed by atoms with Crippen molar-refractivity contribution in [2.45, 2.75) is 57.5 Å². The molecule has 2 rings (SSSR count). The third-order valence-electron chi connectivity index (χ3n) is 6.65. The fraction of sp³-hybridized carbons (Fsp3) is 0.433. The third-order valence-corrected chi connectivity index (χ3v) is 6.65. The molecule has 0 aromatic heterocycles. The number of hydrogen-bond acceptors (Lipinski definition) is 9. The highest BCUT2D eigenvalue weighted by molar-refractivity contribution is 6.04. The maximum atomic E-state index is 13.5. The van der Waals surface area contributed by atoms with Crippen LogP contribution >= 0.6 is 0 Å². The zero-order chi connectivity index (χ0) is 32.6. The van der Waals surface area contributed by atoms with E-state index in [0.717, 1.165) is 0 Å². The van der Waals surface area contributed by atoms with Gasteiger partial charge in [0.05, 0.1) is 25.3 Å². The van der Waals surface area contributed by atoms with E-state index in [4.69, 9.17) is 26.7 Å². The number of amides is 5. The van der Waals surface area contributed by atoms with Crippen LogP contribution in [-0.4, -0.2) is 68.9 Å². The fourth-order valence-electron chi connectivity index (χ4n) is 4.40. The van der Waals surface area contributed by atoms with E-state index in [9.17, 15) is 24.0 Å². The number of benzene rings is 2. The molecule has 0 heterocycles. The second-order valence-corrected chi connectivity index (χ2v) is 10.0. The second-order valence-electron chi connectivity index (χ2n) is 10.0. The highest BCUT2D eigenvalue weighted by atomic mass is 16.5. The predicted molar refractivity (Wildman–Crippen MR) is 166 cm³/mol. The molecule has 44 heavy (non-hydrogen) atoms. The Kier molecular flexibility index (Phi) is 14.6. The number of nitrogens with one attached hydrogen (secondary N) is 4. The molecule has 0 aliphatic heterocycles. The molecule has 0 aliphatic carbocycles. The van der Waals surface area contributed by atoms with Gasteiger partial charge in [-0.1, -0.05) is 0 Å². The molecule has 2 aromatic carbocycles. The Morgan fingerprint density at radius 3 is 1.59 bits per heavy atom. The molecule has 0 fully saturated rings. The molecule has 0 saturated heterocycles. The van der Waals surface area contributed by atoms with E-state index in [0.29, 0.717) is 45.2 Å². The summed E-state index contributed by atoms with van der Waals surface area (Å²) in [6.07, 6.45) is 3.17. The van der Waals surface area contributed by atoms with Crippen molar-refractivity contribution < 1.29 is 33.4 Å². The average molecular weight is 614 g/mol. The number of nitrogens with two attached hydrogens (primary N) is 3. The van der Waals surface area contributed by atoms with Gasteiger partial charge in [0.15, 0.2) is 0 Å². The van der Waals surface area contributed by atoms with E-state index in [1.807, 2.05) is 0 Å². The zero-order valence-electron chi connectivity index (χ0n) is 25.4. The minimum Gasteiger partial charge on any atom is -0.496 e. The summed E-state index contributed by atoms with van der Waals surface area (Å²) in [5.41, 5.74) is 17.3. The SMILES string of the molecule is COc1ccc(NC(=O)[C@H](CCCCN)NC(=O)c2cc(NC(=O)[C@H](CCCCN)NC(C)=O)ccc2OC)cc1C(N)=O. The van der Waals surface area contributed by atoms with Gasteiger partial charge in [0.1, 0.15) is 23.6 Å². The van der Waals surface area contributed by atoms with Gasteiger partial charge in [-0.15, -0.1) is 0 Å². The lowest BCUT2D eigenvalue weighted by Gasteiger charge is -2.21. The molecule has 2 atom stereocenters. The number of unbranched alkanes of at least 4 members (excludes halogenated alkanes) is 2. The van der Waals surface area contributed by atoms with E-state index in [-0.39, 0.29) is 46.3 Å². The molecule has 0 radical (unpaired) electrons. The largest absolute Gasteiger partial charge is 0.496 e. The van der Waals surface area contributed by atoms with Gasteiger partial charge in [-0.3, -0.25) is 24.0 Å². The molecule has 0 spiro atoms. The molecule has 14 heteroatoms. The average Bonchev–Trinajstić information content (AvgIpc) is 2.99. The van der Waals surface area contributed by atoms with Gasteiger partial charge in [0, 0.05) is 18.3 Å². The summed E-state index contributed by atoms with van der Waals surface area (Å²) in [6, 6.07) is 7.15. The van der Waals surface area contributed by atoms with Crippen LogP contribution in [0.4, 0.5) is 11.4 Å². The van der Waals surface area contributed by atoms with Crippen molar-refractivity contribution in [1.82, 2.24) is 10.6 Å². The van der Waals surface area contributed by atoms with Crippen LogP contribution in [0, 0.1) is 0 Å². The molecule has 0 bridgehead atoms. The first-order chi connectivity index (χ1) is 21.0. The van der Waals surface area contributed by atoms with E-state index in [1.165, 1.54) is 45.4 Å². The van der Waals surface area contributed by atoms with Crippen molar-refractivity contribution in [3.63, 3.8) is 0 Å². The highest BCUT2D eigenvalue weighted by Gasteiger charge is 2.25. The normalized spacial score (nSPS) is 11.9. The quantitative estimate of drug-likeness (QED) is 0.120. The Morgan fingerprint density at radius 2 is 1.16 bits per heavy atom. The molecular formula is C30H43N7O7. The Labute approximate surface area is 256 Å². The van der Waals surface area contributed by atoms with Crippen molar-refractivity contribution in [1.29, 1.82) is 0 Å². The highest BCUT2D eigenvalue weighted by Crippen LogP contribution is 2.25. The number of rotatable bonds is 18. The molecule has 2 aromatic rings. The minimum atomic E-state index is -0.983. The number of carbonyl (C=O) groups excluding carboxylic acids is 5. The molecule has 0 saturated carbocycles. The first-order valence-electron chi connectivity index (χ1n) is 14.3. The van der Waals surface area contributed by atoms with Crippen molar-refractivity contribution >= 4 is 40.9 Å². The third kappa shape index (κ3) is 10.9. The summed E-state index contributed by atoms with van der Waals surface area (Å²) < 4.78 is 10.5. The number of methoxy groups -OCH3 is 2. The van der Waals surface area contributed by atoms with Gasteiger partial charge >= 0.3 is 0 Å².